The topological polar surface area (TPSA) is 207 Å². The average Bonchev–Trinajstić information content (AvgIpc) is 3.64. The summed E-state index contributed by atoms with van der Waals surface area (Å²) in [7, 11) is -1.50. The van der Waals surface area contributed by atoms with Gasteiger partial charge >= 0.3 is 12.1 Å². The molecule has 4 N–H and O–H groups in total. The molecule has 0 saturated carbocycles. The molecule has 2 bridgehead atoms. The van der Waals surface area contributed by atoms with Crippen molar-refractivity contribution >= 4 is 72.8 Å². The number of amides is 3. The van der Waals surface area contributed by atoms with Crippen LogP contribution in [0.15, 0.2) is 65.6 Å². The molecule has 2 aromatic rings. The zero-order chi connectivity index (χ0) is 37.9. The molecule has 3 heterocycles. The molecule has 3 amide bonds. The molecule has 1 spiro atoms. The zero-order valence-corrected chi connectivity index (χ0v) is 31.2. The number of ketones is 1. The lowest BCUT2D eigenvalue weighted by Crippen LogP contribution is -2.55. The van der Waals surface area contributed by atoms with E-state index in [9.17, 15) is 38.1 Å². The van der Waals surface area contributed by atoms with E-state index in [1.54, 1.807) is 55.6 Å². The summed E-state index contributed by atoms with van der Waals surface area (Å²) in [6.07, 6.45) is 4.49. The number of esters is 1. The fourth-order valence-electron chi connectivity index (χ4n) is 5.22. The van der Waals surface area contributed by atoms with Gasteiger partial charge in [0.25, 0.3) is 0 Å². The van der Waals surface area contributed by atoms with Gasteiger partial charge in [0.05, 0.1) is 34.5 Å². The number of ether oxygens (including phenoxy) is 2. The van der Waals surface area contributed by atoms with Gasteiger partial charge in [-0.25, -0.2) is 14.0 Å². The summed E-state index contributed by atoms with van der Waals surface area (Å²) in [5.41, 5.74) is -0.247. The number of alkyl carbamates (subject to hydrolysis) is 1. The van der Waals surface area contributed by atoms with Gasteiger partial charge in [-0.3, -0.25) is 24.0 Å². The van der Waals surface area contributed by atoms with Crippen LogP contribution in [0.3, 0.4) is 0 Å². The summed E-state index contributed by atoms with van der Waals surface area (Å²) >= 11 is 1.30. The van der Waals surface area contributed by atoms with Crippen LogP contribution >= 0.6 is 22.1 Å². The molecule has 17 heteroatoms. The first-order chi connectivity index (χ1) is 24.7. The Bertz CT molecular complexity index is 1790. The Morgan fingerprint density at radius 3 is 2.56 bits per heavy atom. The van der Waals surface area contributed by atoms with Gasteiger partial charge in [-0.05, 0) is 57.4 Å². The number of thiazole rings is 1. The average molecular weight is 773 g/mol. The molecule has 2 aliphatic heterocycles. The van der Waals surface area contributed by atoms with E-state index in [1.165, 1.54) is 36.5 Å². The summed E-state index contributed by atoms with van der Waals surface area (Å²) in [5.74, 6) is -2.49. The van der Waals surface area contributed by atoms with Gasteiger partial charge in [-0.2, -0.15) is 0 Å². The molecule has 1 aromatic heterocycles. The fraction of sp³-hybridized carbons (Fsp3) is 0.400. The molecule has 2 aliphatic rings. The van der Waals surface area contributed by atoms with Gasteiger partial charge in [-0.15, -0.1) is 11.3 Å². The Labute approximate surface area is 310 Å². The predicted octanol–water partition coefficient (Wildman–Crippen LogP) is 3.36. The maximum Gasteiger partial charge on any atom is 0.407 e. The van der Waals surface area contributed by atoms with Crippen molar-refractivity contribution in [1.82, 2.24) is 20.9 Å². The minimum Gasteiger partial charge on any atom is -0.450 e. The number of aromatic nitrogens is 1. The number of benzene rings is 1. The highest BCUT2D eigenvalue weighted by molar-refractivity contribution is 8.76. The molecule has 4 rings (SSSR count). The summed E-state index contributed by atoms with van der Waals surface area (Å²) in [6.45, 7) is 4.12. The molecule has 1 saturated heterocycles. The molecule has 14 nitrogen and oxygen atoms in total. The number of carbonyl (C=O) groups is 6. The molecule has 5 atom stereocenters. The number of aliphatic hydroxyl groups is 1. The highest BCUT2D eigenvalue weighted by Gasteiger charge is 2.63. The summed E-state index contributed by atoms with van der Waals surface area (Å²) in [6, 6.07) is 8.49. The number of hydrogen-bond donors (Lipinski definition) is 4. The van der Waals surface area contributed by atoms with Crippen molar-refractivity contribution in [2.45, 2.75) is 75.6 Å². The van der Waals surface area contributed by atoms with E-state index >= 15 is 0 Å². The first-order valence-electron chi connectivity index (χ1n) is 16.3. The maximum atomic E-state index is 13.4. The van der Waals surface area contributed by atoms with Gasteiger partial charge in [0, 0.05) is 29.1 Å². The lowest BCUT2D eigenvalue weighted by atomic mass is 9.81. The van der Waals surface area contributed by atoms with Crippen molar-refractivity contribution in [3.8, 4) is 0 Å². The van der Waals surface area contributed by atoms with Crippen LogP contribution in [0.4, 0.5) is 4.79 Å². The number of nitrogens with zero attached hydrogens (tertiary/aromatic N) is 1. The molecule has 1 unspecified atom stereocenters. The summed E-state index contributed by atoms with van der Waals surface area (Å²) in [5, 5.41) is 20.6. The third-order valence-corrected chi connectivity index (χ3v) is 13.3. The number of rotatable bonds is 8. The van der Waals surface area contributed by atoms with Crippen molar-refractivity contribution in [3.05, 3.63) is 81.9 Å². The van der Waals surface area contributed by atoms with E-state index in [4.69, 9.17) is 9.47 Å². The normalized spacial score (nSPS) is 27.7. The highest BCUT2D eigenvalue weighted by Crippen LogP contribution is 2.50. The lowest BCUT2D eigenvalue weighted by Gasteiger charge is -2.36. The second-order valence-electron chi connectivity index (χ2n) is 12.3. The monoisotopic (exact) mass is 772 g/mol. The van der Waals surface area contributed by atoms with Gasteiger partial charge in [0.1, 0.15) is 22.0 Å². The van der Waals surface area contributed by atoms with Crippen molar-refractivity contribution in [1.29, 1.82) is 0 Å². The Balaban J connectivity index is 1.42. The van der Waals surface area contributed by atoms with Crippen LogP contribution in [-0.2, 0) is 49.9 Å². The first-order valence-corrected chi connectivity index (χ1v) is 19.6. The first kappa shape index (κ1) is 40.3. The lowest BCUT2D eigenvalue weighted by molar-refractivity contribution is -0.151. The largest absolute Gasteiger partial charge is 0.450 e. The van der Waals surface area contributed by atoms with E-state index in [1.807, 2.05) is 6.07 Å². The molecular formula is C35H40N4O10S3. The Morgan fingerprint density at radius 1 is 1.12 bits per heavy atom. The second kappa shape index (κ2) is 18.3. The van der Waals surface area contributed by atoms with E-state index in [0.717, 1.165) is 5.56 Å². The smallest absolute Gasteiger partial charge is 0.407 e. The second-order valence-corrected chi connectivity index (χ2v) is 16.4. The van der Waals surface area contributed by atoms with Crippen molar-refractivity contribution in [3.63, 3.8) is 0 Å². The Morgan fingerprint density at radius 2 is 1.85 bits per heavy atom. The summed E-state index contributed by atoms with van der Waals surface area (Å²) < 4.78 is 22.3. The minimum atomic E-state index is -2.10. The van der Waals surface area contributed by atoms with Crippen LogP contribution in [0, 0.1) is 0 Å². The molecule has 1 aromatic carbocycles. The van der Waals surface area contributed by atoms with Gasteiger partial charge in [0.2, 0.25) is 16.9 Å². The van der Waals surface area contributed by atoms with Crippen molar-refractivity contribution in [2.24, 2.45) is 0 Å². The van der Waals surface area contributed by atoms with E-state index < -0.39 is 80.1 Å². The molecule has 0 aliphatic carbocycles. The molecular weight excluding hydrogens is 733 g/mol. The number of nitrogens with one attached hydrogen (secondary N) is 3. The Kier molecular flexibility index (Phi) is 14.2. The number of fused-ring (bicyclic) bond motifs is 2. The zero-order valence-electron chi connectivity index (χ0n) is 28.7. The minimum absolute atomic E-state index is 0.0302. The van der Waals surface area contributed by atoms with Crippen LogP contribution in [-0.4, -0.2) is 78.6 Å². The molecule has 1 fully saturated rings. The van der Waals surface area contributed by atoms with Crippen LogP contribution in [0.25, 0.3) is 6.08 Å². The third-order valence-electron chi connectivity index (χ3n) is 8.28. The third kappa shape index (κ3) is 10.8. The van der Waals surface area contributed by atoms with Crippen molar-refractivity contribution in [2.75, 3.05) is 13.1 Å². The van der Waals surface area contributed by atoms with Crippen LogP contribution < -0.4 is 16.0 Å². The van der Waals surface area contributed by atoms with E-state index in [2.05, 4.69) is 20.9 Å². The SMILES string of the molecule is C/C1=C\[C@@H](OC(=O)CCNC(=O)CNC(=O)OCc2ccccc2)C(=O)/C=C/C=C\c2csc(n2)[C@H](C)NC(=O)C[C@@]2(CC1)S(=O)SC(=O)[C@]2(C)O. The van der Waals surface area contributed by atoms with Crippen LogP contribution in [0.1, 0.15) is 68.8 Å². The van der Waals surface area contributed by atoms with E-state index in [0.29, 0.717) is 27.1 Å². The van der Waals surface area contributed by atoms with E-state index in [-0.39, 0.29) is 32.4 Å². The van der Waals surface area contributed by atoms with Crippen LogP contribution in [0.5, 0.6) is 0 Å². The Hall–Kier alpha value is -4.45. The van der Waals surface area contributed by atoms with Crippen molar-refractivity contribution < 1.29 is 47.6 Å². The molecule has 52 heavy (non-hydrogen) atoms. The number of hydrogen-bond acceptors (Lipinski definition) is 13. The van der Waals surface area contributed by atoms with Gasteiger partial charge < -0.3 is 30.5 Å². The standard InChI is InChI=1S/C35H40N4O10S3/c1-22-13-15-35(34(3,46)32(44)51-52(35)47)18-28(41)38-23(2)31-39-25(21-50-31)11-7-8-12-26(40)27(17-22)49-30(43)14-16-36-29(42)19-37-33(45)48-20-24-9-5-4-6-10-24/h4-12,17,21,23,27,46H,13-16,18-20H2,1-3H3,(H,36,42)(H,37,45)(H,38,41)/b11-7-,12-8+,22-17+/t23-,27+,34-,35+,52?/m0/s1. The molecule has 0 radical (unpaired) electrons. The quantitative estimate of drug-likeness (QED) is 0.173. The summed E-state index contributed by atoms with van der Waals surface area (Å²) in [4.78, 5) is 80.7. The number of allylic oxidation sites excluding steroid dienone is 3. The highest BCUT2D eigenvalue weighted by atomic mass is 33.1. The van der Waals surface area contributed by atoms with Gasteiger partial charge in [0.15, 0.2) is 11.9 Å². The maximum absolute atomic E-state index is 13.4. The van der Waals surface area contributed by atoms with Gasteiger partial charge in [-0.1, -0.05) is 48.1 Å². The van der Waals surface area contributed by atoms with Crippen LogP contribution in [0.2, 0.25) is 0 Å². The molecule has 278 valence electrons. The predicted molar refractivity (Wildman–Crippen MR) is 196 cm³/mol. The fourth-order valence-corrected chi connectivity index (χ4v) is 9.96. The number of carbonyl (C=O) groups excluding carboxylic acids is 6.